The summed E-state index contributed by atoms with van der Waals surface area (Å²) < 4.78 is 5.41. The second-order valence-corrected chi connectivity index (χ2v) is 11.1. The summed E-state index contributed by atoms with van der Waals surface area (Å²) in [6.45, 7) is 9.78. The first-order valence-corrected chi connectivity index (χ1v) is 12.2. The average molecular weight is 448 g/mol. The molecule has 1 spiro atoms. The van der Waals surface area contributed by atoms with Gasteiger partial charge in [-0.3, -0.25) is 19.3 Å². The lowest BCUT2D eigenvalue weighted by Crippen LogP contribution is -2.58. The second-order valence-electron chi connectivity index (χ2n) is 11.1. The molecule has 8 heteroatoms. The Morgan fingerprint density at radius 2 is 1.84 bits per heavy atom. The van der Waals surface area contributed by atoms with E-state index in [0.29, 0.717) is 19.4 Å². The van der Waals surface area contributed by atoms with Crippen molar-refractivity contribution in [3.05, 3.63) is 0 Å². The van der Waals surface area contributed by atoms with Gasteiger partial charge in [0.1, 0.15) is 11.6 Å². The number of carbonyl (C=O) groups is 4. The van der Waals surface area contributed by atoms with E-state index in [1.54, 1.807) is 25.7 Å². The minimum atomic E-state index is -0.728. The van der Waals surface area contributed by atoms with Crippen molar-refractivity contribution in [2.75, 3.05) is 6.54 Å². The number of hydrogen-bond acceptors (Lipinski definition) is 5. The maximum atomic E-state index is 13.8. The lowest BCUT2D eigenvalue weighted by Gasteiger charge is -2.44. The Kier molecular flexibility index (Phi) is 5.78. The normalized spacial score (nSPS) is 28.2. The summed E-state index contributed by atoms with van der Waals surface area (Å²) in [7, 11) is 0. The number of carbonyl (C=O) groups excluding carboxylic acids is 4. The largest absolute Gasteiger partial charge is 0.444 e. The summed E-state index contributed by atoms with van der Waals surface area (Å²) in [4.78, 5) is 56.0. The predicted octanol–water partition coefficient (Wildman–Crippen LogP) is 2.84. The molecule has 0 aromatic heterocycles. The quantitative estimate of drug-likeness (QED) is 0.654. The minimum absolute atomic E-state index is 0.0266. The molecule has 4 fully saturated rings. The highest BCUT2D eigenvalue weighted by molar-refractivity contribution is 6.04. The monoisotopic (exact) mass is 447 g/mol. The van der Waals surface area contributed by atoms with Crippen LogP contribution in [-0.2, 0) is 19.1 Å². The van der Waals surface area contributed by atoms with Crippen molar-refractivity contribution in [2.45, 2.75) is 103 Å². The number of rotatable bonds is 5. The third-order valence-electron chi connectivity index (χ3n) is 7.75. The van der Waals surface area contributed by atoms with E-state index >= 15 is 0 Å². The van der Waals surface area contributed by atoms with Crippen LogP contribution in [0.3, 0.4) is 0 Å². The molecular formula is C24H37N3O5. The summed E-state index contributed by atoms with van der Waals surface area (Å²) in [5.74, 6) is -0.409. The number of nitrogens with zero attached hydrogens (tertiary/aromatic N) is 2. The van der Waals surface area contributed by atoms with Gasteiger partial charge in [-0.05, 0) is 58.8 Å². The first kappa shape index (κ1) is 23.1. The Morgan fingerprint density at radius 1 is 1.19 bits per heavy atom. The molecule has 1 N–H and O–H groups in total. The Hall–Kier alpha value is -2.12. The Balaban J connectivity index is 1.58. The number of fused-ring (bicyclic) bond motifs is 2. The average Bonchev–Trinajstić information content (AvgIpc) is 3.38. The van der Waals surface area contributed by atoms with Crippen molar-refractivity contribution in [3.63, 3.8) is 0 Å². The van der Waals surface area contributed by atoms with Crippen LogP contribution in [-0.4, -0.2) is 63.9 Å². The van der Waals surface area contributed by atoms with Gasteiger partial charge in [-0.1, -0.05) is 26.7 Å². The fourth-order valence-corrected chi connectivity index (χ4v) is 5.63. The molecule has 0 aromatic carbocycles. The number of hydrogen-bond donors (Lipinski definition) is 1. The van der Waals surface area contributed by atoms with Crippen molar-refractivity contribution in [1.29, 1.82) is 0 Å². The van der Waals surface area contributed by atoms with Crippen LogP contribution >= 0.6 is 0 Å². The zero-order valence-electron chi connectivity index (χ0n) is 20.0. The zero-order chi connectivity index (χ0) is 23.4. The molecule has 0 bridgehead atoms. The van der Waals surface area contributed by atoms with Crippen LogP contribution < -0.4 is 5.32 Å². The van der Waals surface area contributed by atoms with Crippen molar-refractivity contribution in [3.8, 4) is 0 Å². The molecular weight excluding hydrogens is 410 g/mol. The predicted molar refractivity (Wildman–Crippen MR) is 117 cm³/mol. The van der Waals surface area contributed by atoms with Crippen LogP contribution in [0, 0.1) is 17.3 Å². The van der Waals surface area contributed by atoms with E-state index in [9.17, 15) is 19.2 Å². The lowest BCUT2D eigenvalue weighted by molar-refractivity contribution is -0.152. The van der Waals surface area contributed by atoms with Gasteiger partial charge in [-0.25, -0.2) is 4.79 Å². The van der Waals surface area contributed by atoms with Crippen LogP contribution in [0.15, 0.2) is 0 Å². The van der Waals surface area contributed by atoms with Crippen molar-refractivity contribution >= 4 is 23.8 Å². The van der Waals surface area contributed by atoms with Crippen LogP contribution in [0.1, 0.15) is 79.6 Å². The molecule has 32 heavy (non-hydrogen) atoms. The van der Waals surface area contributed by atoms with E-state index in [-0.39, 0.29) is 41.6 Å². The number of nitrogens with one attached hydrogen (secondary N) is 1. The number of alkyl carbamates (subject to hydrolysis) is 1. The van der Waals surface area contributed by atoms with Crippen LogP contribution in [0.5, 0.6) is 0 Å². The van der Waals surface area contributed by atoms with Gasteiger partial charge in [0.25, 0.3) is 0 Å². The number of likely N-dealkylation sites (tertiary alicyclic amines) is 2. The fourth-order valence-electron chi connectivity index (χ4n) is 5.63. The smallest absolute Gasteiger partial charge is 0.408 e. The number of ether oxygens (including phenoxy) is 1. The van der Waals surface area contributed by atoms with Crippen molar-refractivity contribution in [1.82, 2.24) is 15.1 Å². The molecule has 8 nitrogen and oxygen atoms in total. The van der Waals surface area contributed by atoms with Crippen LogP contribution in [0.4, 0.5) is 4.79 Å². The molecule has 2 saturated heterocycles. The fraction of sp³-hybridized carbons (Fsp3) is 0.833. The highest BCUT2D eigenvalue weighted by atomic mass is 16.6. The minimum Gasteiger partial charge on any atom is -0.444 e. The summed E-state index contributed by atoms with van der Waals surface area (Å²) in [5, 5.41) is 2.80. The maximum Gasteiger partial charge on any atom is 0.408 e. The summed E-state index contributed by atoms with van der Waals surface area (Å²) in [6.07, 6.45) is 4.80. The molecule has 2 heterocycles. The molecule has 4 amide bonds. The van der Waals surface area contributed by atoms with Gasteiger partial charge in [-0.2, -0.15) is 0 Å². The van der Waals surface area contributed by atoms with E-state index in [1.165, 1.54) is 4.90 Å². The molecule has 0 aromatic rings. The summed E-state index contributed by atoms with van der Waals surface area (Å²) in [5.41, 5.74) is -1.29. The standard InChI is InChI=1S/C24H37N3O5/c1-6-14(2)17(25-22(31)32-23(3,4)5)20(29)26-13-10-16-18(26)24(11-7-12-24)21(30)27(16)19(28)15-8-9-15/h14-18H,6-13H2,1-5H3,(H,25,31)/t14-,16+,17-,18+/m1/s1. The van der Waals surface area contributed by atoms with E-state index in [1.807, 2.05) is 13.8 Å². The number of amides is 4. The van der Waals surface area contributed by atoms with Gasteiger partial charge in [-0.15, -0.1) is 0 Å². The van der Waals surface area contributed by atoms with Gasteiger partial charge in [0.05, 0.1) is 17.5 Å². The van der Waals surface area contributed by atoms with Crippen molar-refractivity contribution < 1.29 is 23.9 Å². The van der Waals surface area contributed by atoms with Crippen LogP contribution in [0.2, 0.25) is 0 Å². The SMILES string of the molecule is CC[C@@H](C)[C@@H](NC(=O)OC(C)(C)C)C(=O)N1CC[C@H]2[C@H]1C1(CCC1)C(=O)N2C(=O)C1CC1. The summed E-state index contributed by atoms with van der Waals surface area (Å²) >= 11 is 0. The Bertz CT molecular complexity index is 811. The third kappa shape index (κ3) is 3.79. The van der Waals surface area contributed by atoms with E-state index in [0.717, 1.165) is 32.1 Å². The molecule has 2 saturated carbocycles. The topological polar surface area (TPSA) is 96.0 Å². The highest BCUT2D eigenvalue weighted by Gasteiger charge is 2.68. The van der Waals surface area contributed by atoms with E-state index in [4.69, 9.17) is 4.74 Å². The molecule has 178 valence electrons. The lowest BCUT2D eigenvalue weighted by atomic mass is 9.64. The van der Waals surface area contributed by atoms with E-state index in [2.05, 4.69) is 5.32 Å². The van der Waals surface area contributed by atoms with Crippen LogP contribution in [0.25, 0.3) is 0 Å². The third-order valence-corrected chi connectivity index (χ3v) is 7.75. The zero-order valence-corrected chi connectivity index (χ0v) is 20.0. The molecule has 4 rings (SSSR count). The Labute approximate surface area is 190 Å². The molecule has 0 radical (unpaired) electrons. The second kappa shape index (κ2) is 8.03. The molecule has 2 aliphatic heterocycles. The molecule has 0 unspecified atom stereocenters. The number of imide groups is 1. The van der Waals surface area contributed by atoms with Crippen molar-refractivity contribution in [2.24, 2.45) is 17.3 Å². The molecule has 4 aliphatic rings. The van der Waals surface area contributed by atoms with Gasteiger partial charge in [0.15, 0.2) is 0 Å². The van der Waals surface area contributed by atoms with Gasteiger partial charge >= 0.3 is 6.09 Å². The first-order valence-electron chi connectivity index (χ1n) is 12.2. The first-order chi connectivity index (χ1) is 15.0. The van der Waals surface area contributed by atoms with Gasteiger partial charge in [0, 0.05) is 12.5 Å². The Morgan fingerprint density at radius 3 is 2.34 bits per heavy atom. The summed E-state index contributed by atoms with van der Waals surface area (Å²) in [6, 6.07) is -1.25. The van der Waals surface area contributed by atoms with Gasteiger partial charge < -0.3 is 15.0 Å². The highest BCUT2D eigenvalue weighted by Crippen LogP contribution is 2.56. The van der Waals surface area contributed by atoms with E-state index < -0.39 is 23.2 Å². The van der Waals surface area contributed by atoms with Gasteiger partial charge in [0.2, 0.25) is 17.7 Å². The maximum absolute atomic E-state index is 13.8. The molecule has 2 aliphatic carbocycles. The molecule has 4 atom stereocenters.